The van der Waals surface area contributed by atoms with Crippen LogP contribution in [0.15, 0.2) is 10.7 Å². The van der Waals surface area contributed by atoms with Gasteiger partial charge in [0.25, 0.3) is 0 Å². The fraction of sp³-hybridized carbons (Fsp3) is 0.667. The Bertz CT molecular complexity index is 403. The van der Waals surface area contributed by atoms with Gasteiger partial charge < -0.3 is 4.74 Å². The fourth-order valence-corrected chi connectivity index (χ4v) is 3.01. The number of halogens is 1. The van der Waals surface area contributed by atoms with E-state index in [0.717, 1.165) is 36.0 Å². The summed E-state index contributed by atoms with van der Waals surface area (Å²) >= 11 is 3.53. The summed E-state index contributed by atoms with van der Waals surface area (Å²) in [4.78, 5) is 11.5. The highest BCUT2D eigenvalue weighted by Gasteiger charge is 2.25. The molecule has 1 saturated carbocycles. The van der Waals surface area contributed by atoms with E-state index in [9.17, 15) is 4.79 Å². The predicted octanol–water partition coefficient (Wildman–Crippen LogP) is 2.52. The molecule has 0 amide bonds. The van der Waals surface area contributed by atoms with Crippen molar-refractivity contribution in [3.8, 4) is 0 Å². The minimum absolute atomic E-state index is 0.310. The largest absolute Gasteiger partial charge is 0.383 e. The van der Waals surface area contributed by atoms with Crippen molar-refractivity contribution in [1.82, 2.24) is 9.78 Å². The smallest absolute Gasteiger partial charge is 0.133 e. The SMILES string of the molecule is COCCn1ncc(Br)c1C1CCCC(=O)C1. The molecule has 1 atom stereocenters. The number of methoxy groups -OCH3 is 1. The van der Waals surface area contributed by atoms with Crippen LogP contribution in [-0.2, 0) is 16.1 Å². The quantitative estimate of drug-likeness (QED) is 0.858. The summed E-state index contributed by atoms with van der Waals surface area (Å²) in [7, 11) is 1.68. The fourth-order valence-electron chi connectivity index (χ4n) is 2.39. The summed E-state index contributed by atoms with van der Waals surface area (Å²) in [5.74, 6) is 0.678. The molecule has 1 fully saturated rings. The molecule has 1 aromatic rings. The van der Waals surface area contributed by atoms with Crippen LogP contribution in [0.2, 0.25) is 0 Å². The van der Waals surface area contributed by atoms with Crippen LogP contribution in [0.5, 0.6) is 0 Å². The highest BCUT2D eigenvalue weighted by molar-refractivity contribution is 9.10. The second-order valence-corrected chi connectivity index (χ2v) is 5.28. The summed E-state index contributed by atoms with van der Waals surface area (Å²) in [6.45, 7) is 1.38. The van der Waals surface area contributed by atoms with Crippen molar-refractivity contribution in [3.05, 3.63) is 16.4 Å². The molecular formula is C12H17BrN2O2. The van der Waals surface area contributed by atoms with Crippen molar-refractivity contribution in [3.63, 3.8) is 0 Å². The lowest BCUT2D eigenvalue weighted by Gasteiger charge is -2.22. The topological polar surface area (TPSA) is 44.1 Å². The number of nitrogens with zero attached hydrogens (tertiary/aromatic N) is 2. The van der Waals surface area contributed by atoms with Crippen molar-refractivity contribution in [2.45, 2.75) is 38.1 Å². The van der Waals surface area contributed by atoms with Gasteiger partial charge in [-0.3, -0.25) is 9.48 Å². The van der Waals surface area contributed by atoms with E-state index in [1.807, 2.05) is 10.9 Å². The van der Waals surface area contributed by atoms with E-state index in [4.69, 9.17) is 4.74 Å². The zero-order valence-corrected chi connectivity index (χ0v) is 11.6. The Labute approximate surface area is 109 Å². The average molecular weight is 301 g/mol. The standard InChI is InChI=1S/C12H17BrN2O2/c1-17-6-5-15-12(11(13)8-14-15)9-3-2-4-10(16)7-9/h8-9H,2-7H2,1H3. The first kappa shape index (κ1) is 12.8. The molecule has 4 nitrogen and oxygen atoms in total. The first-order valence-corrected chi connectivity index (χ1v) is 6.73. The molecule has 1 unspecified atom stereocenters. The number of hydrogen-bond donors (Lipinski definition) is 0. The predicted molar refractivity (Wildman–Crippen MR) is 68.0 cm³/mol. The van der Waals surface area contributed by atoms with E-state index in [1.54, 1.807) is 7.11 Å². The van der Waals surface area contributed by atoms with E-state index >= 15 is 0 Å². The van der Waals surface area contributed by atoms with Crippen molar-refractivity contribution in [2.75, 3.05) is 13.7 Å². The maximum Gasteiger partial charge on any atom is 0.133 e. The molecule has 0 saturated heterocycles. The number of hydrogen-bond acceptors (Lipinski definition) is 3. The lowest BCUT2D eigenvalue weighted by molar-refractivity contribution is -0.120. The van der Waals surface area contributed by atoms with Crippen molar-refractivity contribution >= 4 is 21.7 Å². The van der Waals surface area contributed by atoms with Gasteiger partial charge in [-0.1, -0.05) is 0 Å². The molecule has 1 aliphatic carbocycles. The third-order valence-corrected chi connectivity index (χ3v) is 3.82. The molecule has 1 aromatic heterocycles. The number of ketones is 1. The first-order valence-electron chi connectivity index (χ1n) is 5.94. The molecule has 0 spiro atoms. The van der Waals surface area contributed by atoms with Gasteiger partial charge in [-0.05, 0) is 28.8 Å². The van der Waals surface area contributed by atoms with Crippen molar-refractivity contribution in [1.29, 1.82) is 0 Å². The third kappa shape index (κ3) is 2.96. The zero-order valence-electron chi connectivity index (χ0n) is 9.99. The Hall–Kier alpha value is -0.680. The molecule has 0 aromatic carbocycles. The van der Waals surface area contributed by atoms with E-state index in [2.05, 4.69) is 21.0 Å². The minimum Gasteiger partial charge on any atom is -0.383 e. The molecule has 0 radical (unpaired) electrons. The molecule has 17 heavy (non-hydrogen) atoms. The van der Waals surface area contributed by atoms with Gasteiger partial charge in [0.1, 0.15) is 5.78 Å². The van der Waals surface area contributed by atoms with Gasteiger partial charge in [0.15, 0.2) is 0 Å². The average Bonchev–Trinajstić information content (AvgIpc) is 2.68. The van der Waals surface area contributed by atoms with Crippen molar-refractivity contribution in [2.24, 2.45) is 0 Å². The van der Waals surface area contributed by atoms with Gasteiger partial charge >= 0.3 is 0 Å². The molecule has 1 heterocycles. The van der Waals surface area contributed by atoms with Crippen molar-refractivity contribution < 1.29 is 9.53 Å². The molecule has 2 rings (SSSR count). The highest BCUT2D eigenvalue weighted by Crippen LogP contribution is 2.34. The maximum absolute atomic E-state index is 11.5. The number of carbonyl (C=O) groups excluding carboxylic acids is 1. The molecule has 94 valence electrons. The summed E-state index contributed by atoms with van der Waals surface area (Å²) < 4.78 is 8.04. The second kappa shape index (κ2) is 5.78. The Kier molecular flexibility index (Phi) is 4.34. The van der Waals surface area contributed by atoms with Gasteiger partial charge in [-0.2, -0.15) is 5.10 Å². The van der Waals surface area contributed by atoms with E-state index in [-0.39, 0.29) is 0 Å². The van der Waals surface area contributed by atoms with Crippen LogP contribution in [0, 0.1) is 0 Å². The van der Waals surface area contributed by atoms with Gasteiger partial charge in [0.2, 0.25) is 0 Å². The minimum atomic E-state index is 0.310. The van der Waals surface area contributed by atoms with E-state index in [0.29, 0.717) is 24.7 Å². The Morgan fingerprint density at radius 2 is 2.47 bits per heavy atom. The summed E-state index contributed by atoms with van der Waals surface area (Å²) in [6.07, 6.45) is 5.26. The number of Topliss-reactive ketones (excluding diaryl/α,β-unsaturated/α-hetero) is 1. The number of carbonyl (C=O) groups is 1. The zero-order chi connectivity index (χ0) is 12.3. The van der Waals surface area contributed by atoms with Gasteiger partial charge in [-0.25, -0.2) is 0 Å². The van der Waals surface area contributed by atoms with Crippen LogP contribution < -0.4 is 0 Å². The first-order chi connectivity index (χ1) is 8.22. The Morgan fingerprint density at radius 3 is 3.18 bits per heavy atom. The lowest BCUT2D eigenvalue weighted by Crippen LogP contribution is -2.18. The van der Waals surface area contributed by atoms with Gasteiger partial charge in [0.05, 0.1) is 29.5 Å². The highest BCUT2D eigenvalue weighted by atomic mass is 79.9. The molecule has 1 aliphatic rings. The second-order valence-electron chi connectivity index (χ2n) is 4.43. The Balaban J connectivity index is 2.17. The van der Waals surface area contributed by atoms with Crippen LogP contribution >= 0.6 is 15.9 Å². The van der Waals surface area contributed by atoms with Crippen LogP contribution in [0.1, 0.15) is 37.3 Å². The lowest BCUT2D eigenvalue weighted by atomic mass is 9.86. The van der Waals surface area contributed by atoms with Crippen LogP contribution in [0.25, 0.3) is 0 Å². The molecule has 0 bridgehead atoms. The van der Waals surface area contributed by atoms with Crippen LogP contribution in [0.3, 0.4) is 0 Å². The molecule has 0 aliphatic heterocycles. The van der Waals surface area contributed by atoms with E-state index in [1.165, 1.54) is 0 Å². The number of ether oxygens (including phenoxy) is 1. The summed E-state index contributed by atoms with van der Waals surface area (Å²) in [5.41, 5.74) is 1.15. The summed E-state index contributed by atoms with van der Waals surface area (Å²) in [6, 6.07) is 0. The number of aromatic nitrogens is 2. The Morgan fingerprint density at radius 1 is 1.65 bits per heavy atom. The molecule has 5 heteroatoms. The third-order valence-electron chi connectivity index (χ3n) is 3.21. The van der Waals surface area contributed by atoms with Gasteiger partial charge in [0, 0.05) is 25.9 Å². The monoisotopic (exact) mass is 300 g/mol. The van der Waals surface area contributed by atoms with Crippen LogP contribution in [-0.4, -0.2) is 29.3 Å². The van der Waals surface area contributed by atoms with Crippen LogP contribution in [0.4, 0.5) is 0 Å². The molecule has 0 N–H and O–H groups in total. The number of rotatable bonds is 4. The normalized spacial score (nSPS) is 20.8. The van der Waals surface area contributed by atoms with Gasteiger partial charge in [-0.15, -0.1) is 0 Å². The molecular weight excluding hydrogens is 284 g/mol. The summed E-state index contributed by atoms with van der Waals surface area (Å²) in [5, 5.41) is 4.33. The maximum atomic E-state index is 11.5. The van der Waals surface area contributed by atoms with E-state index < -0.39 is 0 Å².